The van der Waals surface area contributed by atoms with Crippen LogP contribution in [0.25, 0.3) is 0 Å². The third-order valence-corrected chi connectivity index (χ3v) is 4.42. The van der Waals surface area contributed by atoms with Gasteiger partial charge in [-0.3, -0.25) is 0 Å². The van der Waals surface area contributed by atoms with Crippen LogP contribution >= 0.6 is 27.7 Å². The minimum Gasteiger partial charge on any atom is -0.378 e. The van der Waals surface area contributed by atoms with Gasteiger partial charge in [-0.15, -0.1) is 11.8 Å². The quantitative estimate of drug-likeness (QED) is 0.724. The second-order valence-corrected chi connectivity index (χ2v) is 6.39. The average molecular weight is 336 g/mol. The van der Waals surface area contributed by atoms with Crippen molar-refractivity contribution < 1.29 is 0 Å². The van der Waals surface area contributed by atoms with Gasteiger partial charge >= 0.3 is 0 Å². The second-order valence-electron chi connectivity index (χ2n) is 4.60. The summed E-state index contributed by atoms with van der Waals surface area (Å²) in [5, 5.41) is 3.57. The molecule has 0 saturated heterocycles. The molecule has 3 heteroatoms. The molecule has 0 saturated carbocycles. The molecule has 0 aliphatic rings. The molecule has 0 radical (unpaired) electrons. The predicted octanol–water partition coefficient (Wildman–Crippen LogP) is 5.65. The number of nitrogens with one attached hydrogen (secondary N) is 1. The Morgan fingerprint density at radius 2 is 1.79 bits per heavy atom. The lowest BCUT2D eigenvalue weighted by Gasteiger charge is -2.18. The molecule has 0 bridgehead atoms. The molecule has 0 spiro atoms. The standard InChI is InChI=1S/C16H18BrNS/c1-11-4-7-14(17)10-16(11)18-12(2)13-5-8-15(19-3)9-6-13/h4-10,12,18H,1-3H3. The van der Waals surface area contributed by atoms with E-state index in [1.165, 1.54) is 21.7 Å². The minimum atomic E-state index is 0.295. The fourth-order valence-electron chi connectivity index (χ4n) is 1.96. The Bertz CT molecular complexity index is 551. The second kappa shape index (κ2) is 6.49. The maximum atomic E-state index is 3.57. The zero-order valence-corrected chi connectivity index (χ0v) is 13.8. The number of benzene rings is 2. The predicted molar refractivity (Wildman–Crippen MR) is 89.1 cm³/mol. The van der Waals surface area contributed by atoms with E-state index in [0.29, 0.717) is 6.04 Å². The summed E-state index contributed by atoms with van der Waals surface area (Å²) in [6, 6.07) is 15.3. The van der Waals surface area contributed by atoms with Gasteiger partial charge in [0, 0.05) is 21.1 Å². The molecule has 1 N–H and O–H groups in total. The van der Waals surface area contributed by atoms with Crippen molar-refractivity contribution in [3.05, 3.63) is 58.1 Å². The van der Waals surface area contributed by atoms with E-state index in [2.05, 4.69) is 83.8 Å². The molecule has 1 nitrogen and oxygen atoms in total. The first kappa shape index (κ1) is 14.5. The number of rotatable bonds is 4. The van der Waals surface area contributed by atoms with Crippen molar-refractivity contribution in [3.63, 3.8) is 0 Å². The molecule has 0 aliphatic carbocycles. The monoisotopic (exact) mass is 335 g/mol. The molecule has 1 atom stereocenters. The minimum absolute atomic E-state index is 0.295. The SMILES string of the molecule is CSc1ccc(C(C)Nc2cc(Br)ccc2C)cc1. The molecule has 1 unspecified atom stereocenters. The highest BCUT2D eigenvalue weighted by Crippen LogP contribution is 2.26. The molecular formula is C16H18BrNS. The molecule has 2 aromatic carbocycles. The molecular weight excluding hydrogens is 318 g/mol. The normalized spacial score (nSPS) is 12.2. The van der Waals surface area contributed by atoms with Gasteiger partial charge in [-0.25, -0.2) is 0 Å². The number of halogens is 1. The molecule has 0 aromatic heterocycles. The van der Waals surface area contributed by atoms with Crippen LogP contribution in [0.4, 0.5) is 5.69 Å². The Balaban J connectivity index is 2.15. The Morgan fingerprint density at radius 3 is 2.42 bits per heavy atom. The van der Waals surface area contributed by atoms with Crippen molar-refractivity contribution in [1.29, 1.82) is 0 Å². The Labute approximate surface area is 127 Å². The first-order valence-corrected chi connectivity index (χ1v) is 8.28. The number of hydrogen-bond donors (Lipinski definition) is 1. The maximum absolute atomic E-state index is 3.57. The molecule has 100 valence electrons. The molecule has 2 rings (SSSR count). The van der Waals surface area contributed by atoms with Gasteiger partial charge in [0.2, 0.25) is 0 Å². The Morgan fingerprint density at radius 1 is 1.11 bits per heavy atom. The zero-order chi connectivity index (χ0) is 13.8. The smallest absolute Gasteiger partial charge is 0.0485 e. The summed E-state index contributed by atoms with van der Waals surface area (Å²) >= 11 is 5.29. The maximum Gasteiger partial charge on any atom is 0.0485 e. The highest BCUT2D eigenvalue weighted by Gasteiger charge is 2.07. The van der Waals surface area contributed by atoms with Crippen molar-refractivity contribution in [1.82, 2.24) is 0 Å². The van der Waals surface area contributed by atoms with E-state index in [0.717, 1.165) is 4.47 Å². The summed E-state index contributed by atoms with van der Waals surface area (Å²) in [6.07, 6.45) is 2.10. The summed E-state index contributed by atoms with van der Waals surface area (Å²) in [7, 11) is 0. The van der Waals surface area contributed by atoms with Gasteiger partial charge in [0.25, 0.3) is 0 Å². The highest BCUT2D eigenvalue weighted by molar-refractivity contribution is 9.10. The first-order valence-electron chi connectivity index (χ1n) is 6.27. The summed E-state index contributed by atoms with van der Waals surface area (Å²) in [6.45, 7) is 4.31. The van der Waals surface area contributed by atoms with Gasteiger partial charge in [-0.2, -0.15) is 0 Å². The zero-order valence-electron chi connectivity index (χ0n) is 11.4. The van der Waals surface area contributed by atoms with Crippen LogP contribution in [0.1, 0.15) is 24.1 Å². The van der Waals surface area contributed by atoms with Crippen LogP contribution in [0.3, 0.4) is 0 Å². The molecule has 0 fully saturated rings. The average Bonchev–Trinajstić information content (AvgIpc) is 2.43. The fraction of sp³-hybridized carbons (Fsp3) is 0.250. The van der Waals surface area contributed by atoms with Crippen molar-refractivity contribution in [3.8, 4) is 0 Å². The molecule has 0 aliphatic heterocycles. The fourth-order valence-corrected chi connectivity index (χ4v) is 2.73. The van der Waals surface area contributed by atoms with Gasteiger partial charge < -0.3 is 5.32 Å². The third-order valence-electron chi connectivity index (χ3n) is 3.19. The summed E-state index contributed by atoms with van der Waals surface area (Å²) < 4.78 is 1.10. The first-order chi connectivity index (χ1) is 9.10. The van der Waals surface area contributed by atoms with E-state index < -0.39 is 0 Å². The van der Waals surface area contributed by atoms with E-state index in [-0.39, 0.29) is 0 Å². The van der Waals surface area contributed by atoms with Gasteiger partial charge in [-0.05, 0) is 55.5 Å². The van der Waals surface area contributed by atoms with Gasteiger partial charge in [-0.1, -0.05) is 34.1 Å². The van der Waals surface area contributed by atoms with Crippen molar-refractivity contribution in [2.45, 2.75) is 24.8 Å². The van der Waals surface area contributed by atoms with Gasteiger partial charge in [0.05, 0.1) is 0 Å². The molecule has 0 amide bonds. The van der Waals surface area contributed by atoms with Crippen molar-refractivity contribution in [2.24, 2.45) is 0 Å². The van der Waals surface area contributed by atoms with Crippen molar-refractivity contribution >= 4 is 33.4 Å². The van der Waals surface area contributed by atoms with Crippen LogP contribution in [0, 0.1) is 6.92 Å². The topological polar surface area (TPSA) is 12.0 Å². The summed E-state index contributed by atoms with van der Waals surface area (Å²) in [5.41, 5.74) is 3.74. The number of hydrogen-bond acceptors (Lipinski definition) is 2. The summed E-state index contributed by atoms with van der Waals surface area (Å²) in [4.78, 5) is 1.30. The van der Waals surface area contributed by atoms with E-state index in [1.54, 1.807) is 11.8 Å². The van der Waals surface area contributed by atoms with E-state index in [1.807, 2.05) is 0 Å². The van der Waals surface area contributed by atoms with Crippen LogP contribution in [0.5, 0.6) is 0 Å². The lowest BCUT2D eigenvalue weighted by Crippen LogP contribution is -2.07. The van der Waals surface area contributed by atoms with Crippen LogP contribution < -0.4 is 5.32 Å². The highest BCUT2D eigenvalue weighted by atomic mass is 79.9. The van der Waals surface area contributed by atoms with Crippen LogP contribution in [0.15, 0.2) is 51.8 Å². The largest absolute Gasteiger partial charge is 0.378 e. The van der Waals surface area contributed by atoms with E-state index in [9.17, 15) is 0 Å². The number of anilines is 1. The van der Waals surface area contributed by atoms with Crippen molar-refractivity contribution in [2.75, 3.05) is 11.6 Å². The lowest BCUT2D eigenvalue weighted by atomic mass is 10.1. The molecule has 0 heterocycles. The van der Waals surface area contributed by atoms with Crippen LogP contribution in [0.2, 0.25) is 0 Å². The molecule has 2 aromatic rings. The lowest BCUT2D eigenvalue weighted by molar-refractivity contribution is 0.880. The van der Waals surface area contributed by atoms with Crippen LogP contribution in [-0.2, 0) is 0 Å². The molecule has 19 heavy (non-hydrogen) atoms. The number of thioether (sulfide) groups is 1. The van der Waals surface area contributed by atoms with Gasteiger partial charge in [0.15, 0.2) is 0 Å². The van der Waals surface area contributed by atoms with Gasteiger partial charge in [0.1, 0.15) is 0 Å². The Kier molecular flexibility index (Phi) is 4.94. The van der Waals surface area contributed by atoms with E-state index in [4.69, 9.17) is 0 Å². The van der Waals surface area contributed by atoms with E-state index >= 15 is 0 Å². The van der Waals surface area contributed by atoms with Crippen LogP contribution in [-0.4, -0.2) is 6.26 Å². The number of aryl methyl sites for hydroxylation is 1. The third kappa shape index (κ3) is 3.77. The Hall–Kier alpha value is -0.930. The summed E-state index contributed by atoms with van der Waals surface area (Å²) in [5.74, 6) is 0.